The molecule has 0 bridgehead atoms. The molecular formula is C12H19NO4S. The summed E-state index contributed by atoms with van der Waals surface area (Å²) in [5.41, 5.74) is -1.07. The highest BCUT2D eigenvalue weighted by Gasteiger charge is 2.45. The zero-order chi connectivity index (χ0) is 13.2. The summed E-state index contributed by atoms with van der Waals surface area (Å²) in [7, 11) is 0. The van der Waals surface area contributed by atoms with Gasteiger partial charge in [0.05, 0.1) is 12.0 Å². The second-order valence-corrected chi connectivity index (χ2v) is 6.00. The van der Waals surface area contributed by atoms with Crippen molar-refractivity contribution >= 4 is 23.6 Å². The molecule has 5 nitrogen and oxygen atoms in total. The van der Waals surface area contributed by atoms with Crippen molar-refractivity contribution in [3.05, 3.63) is 0 Å². The smallest absolute Gasteiger partial charge is 0.330 e. The van der Waals surface area contributed by atoms with Crippen molar-refractivity contribution in [3.63, 3.8) is 0 Å². The summed E-state index contributed by atoms with van der Waals surface area (Å²) >= 11 is 1.57. The monoisotopic (exact) mass is 273 g/mol. The first-order valence-corrected chi connectivity index (χ1v) is 7.49. The van der Waals surface area contributed by atoms with Gasteiger partial charge < -0.3 is 15.2 Å². The van der Waals surface area contributed by atoms with Crippen LogP contribution in [0.25, 0.3) is 0 Å². The molecule has 2 N–H and O–H groups in total. The molecule has 18 heavy (non-hydrogen) atoms. The van der Waals surface area contributed by atoms with E-state index in [0.717, 1.165) is 12.2 Å². The van der Waals surface area contributed by atoms with Crippen LogP contribution in [0.1, 0.15) is 26.2 Å². The maximum Gasteiger partial charge on any atom is 0.330 e. The standard InChI is InChI=1S/C12H19NO4S/c1-2-9-8(3-5-17-9)10(14)13-12(11(15)16)4-6-18-7-12/h8-9H,2-7H2,1H3,(H,13,14)(H,15,16). The average molecular weight is 273 g/mol. The summed E-state index contributed by atoms with van der Waals surface area (Å²) in [6.45, 7) is 2.57. The van der Waals surface area contributed by atoms with E-state index in [-0.39, 0.29) is 17.9 Å². The van der Waals surface area contributed by atoms with E-state index in [2.05, 4.69) is 5.32 Å². The van der Waals surface area contributed by atoms with Crippen molar-refractivity contribution in [1.82, 2.24) is 5.32 Å². The third-order valence-electron chi connectivity index (χ3n) is 3.74. The number of carbonyl (C=O) groups is 2. The number of aliphatic carboxylic acids is 1. The van der Waals surface area contributed by atoms with E-state index in [4.69, 9.17) is 4.74 Å². The number of thioether (sulfide) groups is 1. The molecule has 3 atom stereocenters. The van der Waals surface area contributed by atoms with E-state index in [0.29, 0.717) is 25.2 Å². The van der Waals surface area contributed by atoms with Crippen LogP contribution in [0, 0.1) is 5.92 Å². The first-order valence-electron chi connectivity index (χ1n) is 6.34. The third kappa shape index (κ3) is 2.49. The molecule has 2 saturated heterocycles. The van der Waals surface area contributed by atoms with Gasteiger partial charge in [0.25, 0.3) is 0 Å². The van der Waals surface area contributed by atoms with Crippen molar-refractivity contribution in [2.24, 2.45) is 5.92 Å². The lowest BCUT2D eigenvalue weighted by Gasteiger charge is -2.27. The van der Waals surface area contributed by atoms with Gasteiger partial charge in [-0.25, -0.2) is 4.79 Å². The number of nitrogens with one attached hydrogen (secondary N) is 1. The number of carbonyl (C=O) groups excluding carboxylic acids is 1. The van der Waals surface area contributed by atoms with Gasteiger partial charge in [-0.1, -0.05) is 6.92 Å². The molecule has 0 saturated carbocycles. The van der Waals surface area contributed by atoms with Gasteiger partial charge in [0, 0.05) is 12.4 Å². The Labute approximate surface area is 111 Å². The summed E-state index contributed by atoms with van der Waals surface area (Å²) in [5.74, 6) is -0.0440. The van der Waals surface area contributed by atoms with Gasteiger partial charge in [-0.15, -0.1) is 0 Å². The Morgan fingerprint density at radius 1 is 1.56 bits per heavy atom. The van der Waals surface area contributed by atoms with Crippen LogP contribution >= 0.6 is 11.8 Å². The minimum Gasteiger partial charge on any atom is -0.479 e. The maximum atomic E-state index is 12.2. The number of carboxylic acid groups (broad SMARTS) is 1. The highest BCUT2D eigenvalue weighted by molar-refractivity contribution is 7.99. The summed E-state index contributed by atoms with van der Waals surface area (Å²) in [6.07, 6.45) is 1.91. The Balaban J connectivity index is 2.03. The van der Waals surface area contributed by atoms with Crippen molar-refractivity contribution < 1.29 is 19.4 Å². The fraction of sp³-hybridized carbons (Fsp3) is 0.833. The summed E-state index contributed by atoms with van der Waals surface area (Å²) < 4.78 is 5.48. The highest BCUT2D eigenvalue weighted by Crippen LogP contribution is 2.30. The summed E-state index contributed by atoms with van der Waals surface area (Å²) in [5, 5.41) is 12.1. The van der Waals surface area contributed by atoms with Gasteiger partial charge in [-0.2, -0.15) is 11.8 Å². The number of rotatable bonds is 4. The zero-order valence-electron chi connectivity index (χ0n) is 10.5. The van der Waals surface area contributed by atoms with E-state index in [1.54, 1.807) is 11.8 Å². The fourth-order valence-electron chi connectivity index (χ4n) is 2.56. The number of hydrogen-bond donors (Lipinski definition) is 2. The molecular weight excluding hydrogens is 254 g/mol. The molecule has 0 aromatic rings. The lowest BCUT2D eigenvalue weighted by molar-refractivity contribution is -0.147. The molecule has 2 aliphatic rings. The van der Waals surface area contributed by atoms with Gasteiger partial charge in [-0.3, -0.25) is 4.79 Å². The number of hydrogen-bond acceptors (Lipinski definition) is 4. The Morgan fingerprint density at radius 3 is 2.89 bits per heavy atom. The molecule has 2 rings (SSSR count). The minimum absolute atomic E-state index is 0.0649. The first kappa shape index (κ1) is 13.7. The Kier molecular flexibility index (Phi) is 4.17. The van der Waals surface area contributed by atoms with Gasteiger partial charge in [0.1, 0.15) is 5.54 Å². The first-order chi connectivity index (χ1) is 8.59. The Hall–Kier alpha value is -0.750. The largest absolute Gasteiger partial charge is 0.479 e. The molecule has 0 aliphatic carbocycles. The molecule has 1 amide bonds. The maximum absolute atomic E-state index is 12.2. The quantitative estimate of drug-likeness (QED) is 0.795. The fourth-order valence-corrected chi connectivity index (χ4v) is 3.89. The second kappa shape index (κ2) is 5.48. The normalized spacial score (nSPS) is 35.6. The van der Waals surface area contributed by atoms with E-state index in [1.165, 1.54) is 0 Å². The highest BCUT2D eigenvalue weighted by atomic mass is 32.2. The predicted molar refractivity (Wildman–Crippen MR) is 68.6 cm³/mol. The van der Waals surface area contributed by atoms with E-state index in [1.807, 2.05) is 6.92 Å². The van der Waals surface area contributed by atoms with Gasteiger partial charge in [-0.05, 0) is 25.0 Å². The molecule has 0 radical (unpaired) electrons. The van der Waals surface area contributed by atoms with Gasteiger partial charge >= 0.3 is 5.97 Å². The molecule has 102 valence electrons. The number of carboxylic acids is 1. The van der Waals surface area contributed by atoms with Crippen LogP contribution in [0.15, 0.2) is 0 Å². The van der Waals surface area contributed by atoms with Gasteiger partial charge in [0.15, 0.2) is 0 Å². The van der Waals surface area contributed by atoms with Crippen molar-refractivity contribution in [2.45, 2.75) is 37.8 Å². The molecule has 3 unspecified atom stereocenters. The molecule has 2 heterocycles. The average Bonchev–Trinajstić information content (AvgIpc) is 2.97. The van der Waals surface area contributed by atoms with Gasteiger partial charge in [0.2, 0.25) is 5.91 Å². The SMILES string of the molecule is CCC1OCCC1C(=O)NC1(C(=O)O)CCSC1. The number of amides is 1. The van der Waals surface area contributed by atoms with Crippen LogP contribution in [0.2, 0.25) is 0 Å². The van der Waals surface area contributed by atoms with Crippen LogP contribution in [0.3, 0.4) is 0 Å². The molecule has 0 spiro atoms. The van der Waals surface area contributed by atoms with Crippen LogP contribution in [-0.2, 0) is 14.3 Å². The van der Waals surface area contributed by atoms with E-state index >= 15 is 0 Å². The van der Waals surface area contributed by atoms with Crippen LogP contribution in [0.4, 0.5) is 0 Å². The molecule has 0 aromatic carbocycles. The third-order valence-corrected chi connectivity index (χ3v) is 4.93. The lowest BCUT2D eigenvalue weighted by atomic mass is 9.94. The molecule has 0 aromatic heterocycles. The van der Waals surface area contributed by atoms with Crippen molar-refractivity contribution in [1.29, 1.82) is 0 Å². The number of ether oxygens (including phenoxy) is 1. The minimum atomic E-state index is -1.07. The summed E-state index contributed by atoms with van der Waals surface area (Å²) in [6, 6.07) is 0. The van der Waals surface area contributed by atoms with E-state index in [9.17, 15) is 14.7 Å². The van der Waals surface area contributed by atoms with Crippen LogP contribution < -0.4 is 5.32 Å². The second-order valence-electron chi connectivity index (χ2n) is 4.89. The summed E-state index contributed by atoms with van der Waals surface area (Å²) in [4.78, 5) is 23.6. The zero-order valence-corrected chi connectivity index (χ0v) is 11.3. The Morgan fingerprint density at radius 2 is 2.33 bits per heavy atom. The molecule has 2 fully saturated rings. The van der Waals surface area contributed by atoms with Crippen molar-refractivity contribution in [3.8, 4) is 0 Å². The van der Waals surface area contributed by atoms with Crippen LogP contribution in [-0.4, -0.2) is 46.7 Å². The van der Waals surface area contributed by atoms with Crippen molar-refractivity contribution in [2.75, 3.05) is 18.1 Å². The molecule has 6 heteroatoms. The topological polar surface area (TPSA) is 75.6 Å². The molecule has 2 aliphatic heterocycles. The van der Waals surface area contributed by atoms with Crippen LogP contribution in [0.5, 0.6) is 0 Å². The van der Waals surface area contributed by atoms with E-state index < -0.39 is 11.5 Å². The Bertz CT molecular complexity index is 341. The lowest BCUT2D eigenvalue weighted by Crippen LogP contribution is -2.56. The predicted octanol–water partition coefficient (Wildman–Crippen LogP) is 0.878.